The van der Waals surface area contributed by atoms with Crippen molar-refractivity contribution in [2.75, 3.05) is 0 Å². The molecule has 1 aliphatic rings. The fourth-order valence-corrected chi connectivity index (χ4v) is 2.67. The van der Waals surface area contributed by atoms with Gasteiger partial charge in [-0.3, -0.25) is 0 Å². The third-order valence-electron chi connectivity index (χ3n) is 3.80. The largest absolute Gasteiger partial charge is 0.388 e. The van der Waals surface area contributed by atoms with E-state index in [1.807, 2.05) is 12.1 Å². The Kier molecular flexibility index (Phi) is 4.42. The molecule has 7 nitrogen and oxygen atoms in total. The molecule has 1 aliphatic carbocycles. The van der Waals surface area contributed by atoms with Gasteiger partial charge in [0.05, 0.1) is 11.8 Å². The zero-order chi connectivity index (χ0) is 16.4. The molecule has 1 heterocycles. The molecular formula is C15H17ClN6O. The van der Waals surface area contributed by atoms with Crippen molar-refractivity contribution in [3.8, 4) is 11.3 Å². The van der Waals surface area contributed by atoms with Crippen LogP contribution in [-0.4, -0.2) is 20.9 Å². The summed E-state index contributed by atoms with van der Waals surface area (Å²) in [4.78, 5) is 8.27. The second-order valence-electron chi connectivity index (χ2n) is 5.43. The Labute approximate surface area is 138 Å². The number of aromatic nitrogens is 2. The summed E-state index contributed by atoms with van der Waals surface area (Å²) < 4.78 is 0. The number of rotatable bonds is 5. The van der Waals surface area contributed by atoms with E-state index in [4.69, 9.17) is 23.2 Å². The Bertz CT molecular complexity index is 746. The normalized spacial score (nSPS) is 16.2. The zero-order valence-corrected chi connectivity index (χ0v) is 13.0. The maximum atomic E-state index is 10.2. The highest BCUT2D eigenvalue weighted by atomic mass is 35.5. The molecule has 1 aromatic carbocycles. The van der Waals surface area contributed by atoms with Crippen LogP contribution in [0.5, 0.6) is 0 Å². The van der Waals surface area contributed by atoms with Gasteiger partial charge in [0.2, 0.25) is 0 Å². The molecule has 0 radical (unpaired) electrons. The standard InChI is InChI=1S/C15H17ClN6O/c16-11-5-9(3-4-10(11)14(23)8-1-2-8)12-6-13(20-7-19-12)15(17)21-22-18/h3-8,14,22-23H,1-2,18H2,(H2,17,21). The number of aliphatic hydroxyl groups excluding tert-OH is 1. The number of nitrogens with zero attached hydrogens (tertiary/aromatic N) is 3. The van der Waals surface area contributed by atoms with E-state index in [0.29, 0.717) is 22.3 Å². The minimum Gasteiger partial charge on any atom is -0.388 e. The van der Waals surface area contributed by atoms with Crippen LogP contribution < -0.4 is 17.1 Å². The molecule has 1 unspecified atom stereocenters. The van der Waals surface area contributed by atoms with Gasteiger partial charge < -0.3 is 10.8 Å². The Morgan fingerprint density at radius 3 is 2.78 bits per heavy atom. The minimum absolute atomic E-state index is 0.156. The van der Waals surface area contributed by atoms with Crippen molar-refractivity contribution in [2.45, 2.75) is 18.9 Å². The summed E-state index contributed by atoms with van der Waals surface area (Å²) >= 11 is 6.32. The highest BCUT2D eigenvalue weighted by molar-refractivity contribution is 6.31. The average molecular weight is 333 g/mol. The van der Waals surface area contributed by atoms with Crippen LogP contribution in [0, 0.1) is 5.92 Å². The lowest BCUT2D eigenvalue weighted by Crippen LogP contribution is -2.23. The van der Waals surface area contributed by atoms with Crippen molar-refractivity contribution < 1.29 is 5.11 Å². The lowest BCUT2D eigenvalue weighted by Gasteiger charge is -2.13. The van der Waals surface area contributed by atoms with Crippen LogP contribution >= 0.6 is 11.6 Å². The van der Waals surface area contributed by atoms with Crippen LogP contribution in [0.3, 0.4) is 0 Å². The Balaban J connectivity index is 1.91. The number of hydrogen-bond donors (Lipinski definition) is 4. The van der Waals surface area contributed by atoms with Crippen molar-refractivity contribution in [3.05, 3.63) is 46.9 Å². The third kappa shape index (κ3) is 3.42. The van der Waals surface area contributed by atoms with Crippen molar-refractivity contribution >= 4 is 17.4 Å². The molecule has 0 aliphatic heterocycles. The number of amidine groups is 1. The van der Waals surface area contributed by atoms with Gasteiger partial charge in [-0.15, -0.1) is 5.10 Å². The van der Waals surface area contributed by atoms with Crippen LogP contribution in [0.4, 0.5) is 0 Å². The second-order valence-corrected chi connectivity index (χ2v) is 5.84. The Morgan fingerprint density at radius 1 is 1.35 bits per heavy atom. The van der Waals surface area contributed by atoms with Crippen LogP contribution in [0.1, 0.15) is 30.2 Å². The number of hydrazone groups is 1. The second kappa shape index (κ2) is 6.49. The molecule has 3 rings (SSSR count). The van der Waals surface area contributed by atoms with Crippen LogP contribution in [0.15, 0.2) is 35.7 Å². The van der Waals surface area contributed by atoms with Crippen LogP contribution in [0.25, 0.3) is 11.3 Å². The van der Waals surface area contributed by atoms with Crippen molar-refractivity contribution in [1.29, 1.82) is 0 Å². The fraction of sp³-hybridized carbons (Fsp3) is 0.267. The molecule has 23 heavy (non-hydrogen) atoms. The van der Waals surface area contributed by atoms with E-state index in [0.717, 1.165) is 24.0 Å². The molecule has 1 atom stereocenters. The summed E-state index contributed by atoms with van der Waals surface area (Å²) in [6, 6.07) is 7.18. The van der Waals surface area contributed by atoms with Gasteiger partial charge in [-0.1, -0.05) is 23.7 Å². The zero-order valence-electron chi connectivity index (χ0n) is 12.3. The topological polar surface area (TPSA) is 122 Å². The molecule has 6 N–H and O–H groups in total. The number of hydrogen-bond acceptors (Lipinski definition) is 6. The Morgan fingerprint density at radius 2 is 2.13 bits per heavy atom. The number of benzene rings is 1. The van der Waals surface area contributed by atoms with Gasteiger partial charge in [-0.05, 0) is 36.5 Å². The van der Waals surface area contributed by atoms with E-state index in [9.17, 15) is 5.11 Å². The summed E-state index contributed by atoms with van der Waals surface area (Å²) in [7, 11) is 0. The smallest absolute Gasteiger partial charge is 0.170 e. The summed E-state index contributed by atoms with van der Waals surface area (Å²) in [6.45, 7) is 0. The molecule has 0 amide bonds. The predicted octanol–water partition coefficient (Wildman–Crippen LogP) is 1.32. The first kappa shape index (κ1) is 15.7. The quantitative estimate of drug-likeness (QED) is 0.283. The molecule has 1 fully saturated rings. The highest BCUT2D eigenvalue weighted by Crippen LogP contribution is 2.43. The van der Waals surface area contributed by atoms with Crippen molar-refractivity contribution in [2.24, 2.45) is 22.6 Å². The summed E-state index contributed by atoms with van der Waals surface area (Å²) in [5.74, 6) is 5.59. The number of nitrogens with two attached hydrogens (primary N) is 2. The van der Waals surface area contributed by atoms with Gasteiger partial charge in [0, 0.05) is 10.6 Å². The molecule has 120 valence electrons. The lowest BCUT2D eigenvalue weighted by molar-refractivity contribution is 0.154. The van der Waals surface area contributed by atoms with Crippen LogP contribution in [-0.2, 0) is 0 Å². The average Bonchev–Trinajstić information content (AvgIpc) is 3.39. The molecule has 0 spiro atoms. The molecular weight excluding hydrogens is 316 g/mol. The van der Waals surface area contributed by atoms with Crippen molar-refractivity contribution in [3.63, 3.8) is 0 Å². The van der Waals surface area contributed by atoms with E-state index in [1.54, 1.807) is 12.1 Å². The maximum Gasteiger partial charge on any atom is 0.170 e. The fourth-order valence-electron chi connectivity index (χ4n) is 2.37. The van der Waals surface area contributed by atoms with E-state index in [2.05, 4.69) is 20.6 Å². The van der Waals surface area contributed by atoms with Crippen LogP contribution in [0.2, 0.25) is 5.02 Å². The Hall–Kier alpha value is -2.22. The molecule has 1 aromatic heterocycles. The van der Waals surface area contributed by atoms with Crippen molar-refractivity contribution in [1.82, 2.24) is 15.5 Å². The summed E-state index contributed by atoms with van der Waals surface area (Å²) in [5, 5.41) is 14.4. The maximum absolute atomic E-state index is 10.2. The molecule has 1 saturated carbocycles. The monoisotopic (exact) mass is 332 g/mol. The highest BCUT2D eigenvalue weighted by Gasteiger charge is 2.31. The summed E-state index contributed by atoms with van der Waals surface area (Å²) in [6.07, 6.45) is 2.98. The SMILES string of the molecule is NNN=C(N)c1cc(-c2ccc(C(O)C3CC3)c(Cl)c2)ncn1. The van der Waals surface area contributed by atoms with Gasteiger partial charge >= 0.3 is 0 Å². The third-order valence-corrected chi connectivity index (χ3v) is 4.13. The minimum atomic E-state index is -0.504. The van der Waals surface area contributed by atoms with E-state index in [1.165, 1.54) is 6.33 Å². The van der Waals surface area contributed by atoms with Gasteiger partial charge in [-0.2, -0.15) is 0 Å². The first-order valence-electron chi connectivity index (χ1n) is 7.19. The van der Waals surface area contributed by atoms with E-state index >= 15 is 0 Å². The number of hydrazine groups is 1. The van der Waals surface area contributed by atoms with Gasteiger partial charge in [0.15, 0.2) is 5.84 Å². The van der Waals surface area contributed by atoms with E-state index in [-0.39, 0.29) is 5.84 Å². The molecule has 0 bridgehead atoms. The van der Waals surface area contributed by atoms with Gasteiger partial charge in [-0.25, -0.2) is 21.3 Å². The summed E-state index contributed by atoms with van der Waals surface area (Å²) in [5.41, 5.74) is 10.5. The lowest BCUT2D eigenvalue weighted by atomic mass is 10.0. The van der Waals surface area contributed by atoms with Gasteiger partial charge in [0.1, 0.15) is 12.0 Å². The number of aliphatic hydroxyl groups is 1. The first-order chi connectivity index (χ1) is 11.1. The first-order valence-corrected chi connectivity index (χ1v) is 7.57. The van der Waals surface area contributed by atoms with Gasteiger partial charge in [0.25, 0.3) is 0 Å². The molecule has 8 heteroatoms. The van der Waals surface area contributed by atoms with E-state index < -0.39 is 6.10 Å². The number of halogens is 1. The molecule has 2 aromatic rings. The number of nitrogens with one attached hydrogen (secondary N) is 1. The predicted molar refractivity (Wildman–Crippen MR) is 88.2 cm³/mol. The molecule has 0 saturated heterocycles.